The minimum absolute atomic E-state index is 0.200. The summed E-state index contributed by atoms with van der Waals surface area (Å²) >= 11 is 9.30. The number of aromatic nitrogens is 2. The van der Waals surface area contributed by atoms with Gasteiger partial charge in [-0.1, -0.05) is 18.5 Å². The standard InChI is InChI=1S/C13H12BrClN2O2/c1-3-9-11(14)13(18)17-12(16-9)7-4-5-10(19-2)8(15)6-7/h4-6H,3H2,1-2H3,(H,16,17,18). The monoisotopic (exact) mass is 342 g/mol. The number of hydrogen-bond acceptors (Lipinski definition) is 3. The van der Waals surface area contributed by atoms with Crippen molar-refractivity contribution >= 4 is 27.5 Å². The summed E-state index contributed by atoms with van der Waals surface area (Å²) in [6.07, 6.45) is 0.668. The molecule has 0 saturated carbocycles. The highest BCUT2D eigenvalue weighted by Crippen LogP contribution is 2.28. The van der Waals surface area contributed by atoms with Gasteiger partial charge in [-0.3, -0.25) is 4.79 Å². The fraction of sp³-hybridized carbons (Fsp3) is 0.231. The summed E-state index contributed by atoms with van der Waals surface area (Å²) in [5.41, 5.74) is 1.25. The molecule has 0 aliphatic heterocycles. The zero-order valence-electron chi connectivity index (χ0n) is 10.5. The topological polar surface area (TPSA) is 55.0 Å². The number of aryl methyl sites for hydroxylation is 1. The molecule has 0 fully saturated rings. The van der Waals surface area contributed by atoms with Crippen LogP contribution in [-0.2, 0) is 6.42 Å². The molecule has 6 heteroatoms. The summed E-state index contributed by atoms with van der Waals surface area (Å²) < 4.78 is 5.56. The third-order valence-electron chi connectivity index (χ3n) is 2.69. The van der Waals surface area contributed by atoms with Crippen LogP contribution in [-0.4, -0.2) is 17.1 Å². The number of rotatable bonds is 3. The molecular weight excluding hydrogens is 332 g/mol. The van der Waals surface area contributed by atoms with E-state index in [0.717, 1.165) is 5.56 Å². The first kappa shape index (κ1) is 14.1. The second-order valence-electron chi connectivity index (χ2n) is 3.88. The van der Waals surface area contributed by atoms with Gasteiger partial charge in [0.15, 0.2) is 0 Å². The Bertz CT molecular complexity index is 670. The number of hydrogen-bond donors (Lipinski definition) is 1. The Morgan fingerprint density at radius 3 is 2.79 bits per heavy atom. The quantitative estimate of drug-likeness (QED) is 0.929. The van der Waals surface area contributed by atoms with Crippen LogP contribution in [0.3, 0.4) is 0 Å². The highest BCUT2D eigenvalue weighted by atomic mass is 79.9. The smallest absolute Gasteiger partial charge is 0.265 e. The first-order valence-electron chi connectivity index (χ1n) is 5.69. The lowest BCUT2D eigenvalue weighted by atomic mass is 10.2. The molecule has 0 bridgehead atoms. The van der Waals surface area contributed by atoms with E-state index in [0.29, 0.717) is 33.2 Å². The van der Waals surface area contributed by atoms with Crippen LogP contribution in [0.1, 0.15) is 12.6 Å². The van der Waals surface area contributed by atoms with Crippen molar-refractivity contribution in [1.29, 1.82) is 0 Å². The molecule has 100 valence electrons. The predicted molar refractivity (Wildman–Crippen MR) is 78.9 cm³/mol. The zero-order valence-corrected chi connectivity index (χ0v) is 12.8. The summed E-state index contributed by atoms with van der Waals surface area (Å²) in [5.74, 6) is 1.08. The molecule has 19 heavy (non-hydrogen) atoms. The zero-order chi connectivity index (χ0) is 14.0. The van der Waals surface area contributed by atoms with Gasteiger partial charge in [0.05, 0.1) is 17.8 Å². The van der Waals surface area contributed by atoms with E-state index in [1.807, 2.05) is 6.92 Å². The Kier molecular flexibility index (Phi) is 4.27. The molecule has 0 spiro atoms. The maximum atomic E-state index is 11.8. The molecule has 2 rings (SSSR count). The maximum Gasteiger partial charge on any atom is 0.265 e. The molecular formula is C13H12BrClN2O2. The van der Waals surface area contributed by atoms with Gasteiger partial charge in [0.1, 0.15) is 16.0 Å². The van der Waals surface area contributed by atoms with Crippen molar-refractivity contribution in [1.82, 2.24) is 9.97 Å². The third-order valence-corrected chi connectivity index (χ3v) is 3.80. The van der Waals surface area contributed by atoms with E-state index < -0.39 is 0 Å². The van der Waals surface area contributed by atoms with Crippen LogP contribution < -0.4 is 10.3 Å². The lowest BCUT2D eigenvalue weighted by molar-refractivity contribution is 0.415. The van der Waals surface area contributed by atoms with Gasteiger partial charge in [0.2, 0.25) is 0 Å². The number of benzene rings is 1. The van der Waals surface area contributed by atoms with Crippen molar-refractivity contribution in [2.45, 2.75) is 13.3 Å². The number of H-pyrrole nitrogens is 1. The van der Waals surface area contributed by atoms with Gasteiger partial charge in [-0.05, 0) is 40.5 Å². The Balaban J connectivity index is 2.56. The number of methoxy groups -OCH3 is 1. The predicted octanol–water partition coefficient (Wildman–Crippen LogP) is 3.42. The highest BCUT2D eigenvalue weighted by molar-refractivity contribution is 9.10. The molecule has 0 radical (unpaired) electrons. The summed E-state index contributed by atoms with van der Waals surface area (Å²) in [4.78, 5) is 18.9. The van der Waals surface area contributed by atoms with Crippen molar-refractivity contribution in [3.63, 3.8) is 0 Å². The average molecular weight is 344 g/mol. The van der Waals surface area contributed by atoms with E-state index in [2.05, 4.69) is 25.9 Å². The molecule has 4 nitrogen and oxygen atoms in total. The SMILES string of the molecule is CCc1nc(-c2ccc(OC)c(Cl)c2)[nH]c(=O)c1Br. The lowest BCUT2D eigenvalue weighted by Crippen LogP contribution is -2.13. The van der Waals surface area contributed by atoms with Gasteiger partial charge in [0, 0.05) is 5.56 Å². The van der Waals surface area contributed by atoms with Gasteiger partial charge in [-0.2, -0.15) is 0 Å². The van der Waals surface area contributed by atoms with Crippen LogP contribution in [0.5, 0.6) is 5.75 Å². The molecule has 1 aromatic carbocycles. The fourth-order valence-corrected chi connectivity index (χ4v) is 2.42. The van der Waals surface area contributed by atoms with Gasteiger partial charge in [-0.15, -0.1) is 0 Å². The minimum atomic E-state index is -0.200. The van der Waals surface area contributed by atoms with E-state index in [4.69, 9.17) is 16.3 Å². The molecule has 0 amide bonds. The normalized spacial score (nSPS) is 10.5. The largest absolute Gasteiger partial charge is 0.495 e. The molecule has 0 saturated heterocycles. The van der Waals surface area contributed by atoms with Crippen molar-refractivity contribution in [2.24, 2.45) is 0 Å². The second kappa shape index (κ2) is 5.75. The van der Waals surface area contributed by atoms with Crippen LogP contribution in [0, 0.1) is 0 Å². The molecule has 0 aliphatic carbocycles. The number of nitrogens with one attached hydrogen (secondary N) is 1. The Morgan fingerprint density at radius 1 is 1.47 bits per heavy atom. The second-order valence-corrected chi connectivity index (χ2v) is 5.08. The minimum Gasteiger partial charge on any atom is -0.495 e. The van der Waals surface area contributed by atoms with E-state index in [1.54, 1.807) is 25.3 Å². The van der Waals surface area contributed by atoms with Crippen LogP contribution in [0.15, 0.2) is 27.5 Å². The average Bonchev–Trinajstić information content (AvgIpc) is 2.41. The fourth-order valence-electron chi connectivity index (χ4n) is 1.69. The number of nitrogens with zero attached hydrogens (tertiary/aromatic N) is 1. The van der Waals surface area contributed by atoms with Crippen molar-refractivity contribution in [2.75, 3.05) is 7.11 Å². The molecule has 1 heterocycles. The van der Waals surface area contributed by atoms with Crippen LogP contribution in [0.25, 0.3) is 11.4 Å². The van der Waals surface area contributed by atoms with Gasteiger partial charge in [-0.25, -0.2) is 4.98 Å². The van der Waals surface area contributed by atoms with E-state index in [-0.39, 0.29) is 5.56 Å². The van der Waals surface area contributed by atoms with Crippen molar-refractivity contribution < 1.29 is 4.74 Å². The third kappa shape index (κ3) is 2.82. The van der Waals surface area contributed by atoms with Gasteiger partial charge < -0.3 is 9.72 Å². The first-order valence-corrected chi connectivity index (χ1v) is 6.86. The Labute approximate surface area is 123 Å². The van der Waals surface area contributed by atoms with Crippen LogP contribution in [0.4, 0.5) is 0 Å². The number of halogens is 2. The van der Waals surface area contributed by atoms with Crippen LogP contribution in [0.2, 0.25) is 5.02 Å². The summed E-state index contributed by atoms with van der Waals surface area (Å²) in [6, 6.07) is 5.26. The van der Waals surface area contributed by atoms with Crippen LogP contribution >= 0.6 is 27.5 Å². The van der Waals surface area contributed by atoms with E-state index >= 15 is 0 Å². The van der Waals surface area contributed by atoms with Gasteiger partial charge in [0.25, 0.3) is 5.56 Å². The number of ether oxygens (including phenoxy) is 1. The van der Waals surface area contributed by atoms with Crippen molar-refractivity contribution in [3.05, 3.63) is 43.7 Å². The molecule has 0 atom stereocenters. The maximum absolute atomic E-state index is 11.8. The molecule has 1 aromatic heterocycles. The lowest BCUT2D eigenvalue weighted by Gasteiger charge is -2.07. The molecule has 0 unspecified atom stereocenters. The molecule has 2 aromatic rings. The van der Waals surface area contributed by atoms with Crippen molar-refractivity contribution in [3.8, 4) is 17.1 Å². The number of aromatic amines is 1. The first-order chi connectivity index (χ1) is 9.06. The van der Waals surface area contributed by atoms with Gasteiger partial charge >= 0.3 is 0 Å². The molecule has 1 N–H and O–H groups in total. The molecule has 0 aliphatic rings. The summed E-state index contributed by atoms with van der Waals surface area (Å²) in [6.45, 7) is 1.94. The Morgan fingerprint density at radius 2 is 2.21 bits per heavy atom. The van der Waals surface area contributed by atoms with E-state index in [9.17, 15) is 4.79 Å². The highest BCUT2D eigenvalue weighted by Gasteiger charge is 2.10. The van der Waals surface area contributed by atoms with E-state index in [1.165, 1.54) is 0 Å². The summed E-state index contributed by atoms with van der Waals surface area (Å²) in [5, 5.41) is 0.476. The summed E-state index contributed by atoms with van der Waals surface area (Å²) in [7, 11) is 1.55. The Hall–Kier alpha value is -1.33.